The van der Waals surface area contributed by atoms with Gasteiger partial charge in [-0.1, -0.05) is 88.4 Å². The van der Waals surface area contributed by atoms with Crippen LogP contribution in [0.25, 0.3) is 0 Å². The number of carbonyl (C=O) groups excluding carboxylic acids is 4. The molecule has 0 aromatic heterocycles. The van der Waals surface area contributed by atoms with E-state index in [-0.39, 0.29) is 62.1 Å². The van der Waals surface area contributed by atoms with Crippen molar-refractivity contribution in [2.24, 2.45) is 11.8 Å². The van der Waals surface area contributed by atoms with E-state index in [9.17, 15) is 29.4 Å². The van der Waals surface area contributed by atoms with Crippen molar-refractivity contribution in [1.29, 1.82) is 0 Å². The summed E-state index contributed by atoms with van der Waals surface area (Å²) in [6.07, 6.45) is 15.3. The zero-order chi connectivity index (χ0) is 45.3. The van der Waals surface area contributed by atoms with Gasteiger partial charge in [0.2, 0.25) is 0 Å². The van der Waals surface area contributed by atoms with Gasteiger partial charge in [0.25, 0.3) is 0 Å². The Morgan fingerprint density at radius 2 is 1.29 bits per heavy atom. The molecule has 2 heterocycles. The van der Waals surface area contributed by atoms with E-state index in [1.165, 1.54) is 30.4 Å². The molecule has 2 aliphatic rings. The summed E-state index contributed by atoms with van der Waals surface area (Å²) in [7, 11) is 3.13. The summed E-state index contributed by atoms with van der Waals surface area (Å²) >= 11 is 0. The van der Waals surface area contributed by atoms with Crippen molar-refractivity contribution >= 4 is 23.9 Å². The molecule has 2 aliphatic heterocycles. The monoisotopic (exact) mass is 862 g/mol. The molecule has 13 heteroatoms. The lowest BCUT2D eigenvalue weighted by molar-refractivity contribution is -0.137. The van der Waals surface area contributed by atoms with Crippen molar-refractivity contribution in [3.05, 3.63) is 108 Å². The van der Waals surface area contributed by atoms with Crippen molar-refractivity contribution in [2.45, 2.75) is 115 Å². The van der Waals surface area contributed by atoms with E-state index in [4.69, 9.17) is 33.2 Å². The summed E-state index contributed by atoms with van der Waals surface area (Å²) in [6.45, 7) is 11.6. The maximum absolute atomic E-state index is 13.3. The summed E-state index contributed by atoms with van der Waals surface area (Å²) < 4.78 is 38.0. The van der Waals surface area contributed by atoms with Crippen LogP contribution in [0, 0.1) is 11.8 Å². The second-order valence-electron chi connectivity index (χ2n) is 15.6. The van der Waals surface area contributed by atoms with Crippen molar-refractivity contribution in [3.63, 3.8) is 0 Å². The lowest BCUT2D eigenvalue weighted by atomic mass is 9.91. The number of rotatable bonds is 14. The Bertz CT molecular complexity index is 1800. The Morgan fingerprint density at radius 3 is 1.85 bits per heavy atom. The van der Waals surface area contributed by atoms with Gasteiger partial charge in [0.05, 0.1) is 19.3 Å². The first kappa shape index (κ1) is 51.1. The van der Waals surface area contributed by atoms with Crippen LogP contribution in [-0.2, 0) is 50.9 Å². The van der Waals surface area contributed by atoms with E-state index in [0.29, 0.717) is 30.6 Å². The molecule has 0 amide bonds. The number of hydrogen-bond donors (Lipinski definition) is 2. The van der Waals surface area contributed by atoms with E-state index < -0.39 is 42.2 Å². The Morgan fingerprint density at radius 1 is 0.758 bits per heavy atom. The quantitative estimate of drug-likeness (QED) is 0.0611. The second-order valence-corrected chi connectivity index (χ2v) is 15.6. The first-order valence-electron chi connectivity index (χ1n) is 21.5. The number of aliphatic hydroxyl groups excluding tert-OH is 1. The van der Waals surface area contributed by atoms with Gasteiger partial charge < -0.3 is 43.4 Å². The van der Waals surface area contributed by atoms with Gasteiger partial charge in [0, 0.05) is 44.9 Å². The first-order chi connectivity index (χ1) is 29.9. The summed E-state index contributed by atoms with van der Waals surface area (Å²) in [5.74, 6) is -1.32. The SMILES string of the molecule is C=CCOC(=O)/C=C/CC1C[C@@H](O)[C@@H](C)CCCCc2cccc(O)c2C(=O)O1.C=CCOC(=O)/C=C/CC1C[C@@H](OCOC)[C@@H](C)CCCCc2cccc(OC)c2C(=O)O1. The number of aromatic hydroxyl groups is 1. The molecule has 0 saturated heterocycles. The summed E-state index contributed by atoms with van der Waals surface area (Å²) in [6, 6.07) is 10.6. The van der Waals surface area contributed by atoms with Gasteiger partial charge in [-0.3, -0.25) is 0 Å². The molecular formula is C49H66O13. The highest BCUT2D eigenvalue weighted by Gasteiger charge is 2.29. The first-order valence-corrected chi connectivity index (χ1v) is 21.5. The Balaban J connectivity index is 0.000000333. The smallest absolute Gasteiger partial charge is 0.342 e. The maximum atomic E-state index is 13.3. The van der Waals surface area contributed by atoms with Crippen LogP contribution in [0.2, 0.25) is 0 Å². The molecule has 0 aliphatic carbocycles. The number of benzene rings is 2. The number of fused-ring (bicyclic) bond motifs is 2. The fraction of sp³-hybridized carbons (Fsp3) is 0.510. The molecule has 62 heavy (non-hydrogen) atoms. The number of phenols is 1. The van der Waals surface area contributed by atoms with Crippen LogP contribution in [-0.4, -0.2) is 92.7 Å². The van der Waals surface area contributed by atoms with Crippen LogP contribution >= 0.6 is 0 Å². The molecule has 340 valence electrons. The minimum atomic E-state index is -0.629. The second kappa shape index (κ2) is 28.4. The Labute approximate surface area is 366 Å². The number of esters is 4. The highest BCUT2D eigenvalue weighted by atomic mass is 16.7. The average molecular weight is 863 g/mol. The topological polar surface area (TPSA) is 173 Å². The predicted octanol–water partition coefficient (Wildman–Crippen LogP) is 8.34. The molecule has 2 unspecified atom stereocenters. The van der Waals surface area contributed by atoms with Gasteiger partial charge in [-0.2, -0.15) is 0 Å². The van der Waals surface area contributed by atoms with Gasteiger partial charge in [-0.05, 0) is 73.6 Å². The number of ether oxygens (including phenoxy) is 7. The number of methoxy groups -OCH3 is 2. The maximum Gasteiger partial charge on any atom is 0.342 e. The normalized spacial score (nSPS) is 22.6. The standard InChI is InChI=1S/C26H36O7.C23H30O6/c1-5-16-31-24(27)15-9-13-21-17-23(32-18-29-3)19(2)10-6-7-11-20-12-8-14-22(30-4)25(20)26(28)33-21;1-3-14-28-21(26)13-7-11-18-15-20(25)16(2)8-4-5-9-17-10-6-12-19(24)22(17)23(27)29-18/h5,8-9,12,14-15,19,21,23H,1,6-7,10-11,13,16-18H2,2-4H3;3,6-7,10,12-13,16,18,20,24-25H,1,4-5,8-9,11,14-15H2,2H3/b15-9+;13-7+/t19-,21?,23+;16-,18?,20+/m00/s1. The highest BCUT2D eigenvalue weighted by Crippen LogP contribution is 2.31. The zero-order valence-electron chi connectivity index (χ0n) is 36.8. The minimum absolute atomic E-state index is 0.0702. The fourth-order valence-corrected chi connectivity index (χ4v) is 7.36. The van der Waals surface area contributed by atoms with Gasteiger partial charge in [-0.15, -0.1) is 0 Å². The molecule has 0 radical (unpaired) electrons. The molecule has 0 fully saturated rings. The van der Waals surface area contributed by atoms with Gasteiger partial charge >= 0.3 is 23.9 Å². The highest BCUT2D eigenvalue weighted by molar-refractivity contribution is 5.95. The lowest BCUT2D eigenvalue weighted by Crippen LogP contribution is -2.31. The molecule has 2 aromatic rings. The zero-order valence-corrected chi connectivity index (χ0v) is 36.8. The molecule has 6 atom stereocenters. The van der Waals surface area contributed by atoms with Crippen LogP contribution in [0.1, 0.15) is 110 Å². The van der Waals surface area contributed by atoms with Gasteiger partial charge in [0.1, 0.15) is 54.8 Å². The molecule has 0 spiro atoms. The molecule has 4 rings (SSSR count). The van der Waals surface area contributed by atoms with Crippen molar-refractivity contribution in [1.82, 2.24) is 0 Å². The van der Waals surface area contributed by atoms with Crippen LogP contribution < -0.4 is 4.74 Å². The van der Waals surface area contributed by atoms with Gasteiger partial charge in [0.15, 0.2) is 0 Å². The summed E-state index contributed by atoms with van der Waals surface area (Å²) in [4.78, 5) is 49.4. The van der Waals surface area contributed by atoms with Crippen LogP contribution in [0.5, 0.6) is 11.5 Å². The number of hydrogen-bond acceptors (Lipinski definition) is 13. The predicted molar refractivity (Wildman–Crippen MR) is 235 cm³/mol. The van der Waals surface area contributed by atoms with E-state index in [2.05, 4.69) is 20.1 Å². The van der Waals surface area contributed by atoms with E-state index in [1.807, 2.05) is 25.1 Å². The molecule has 0 saturated carbocycles. The van der Waals surface area contributed by atoms with Gasteiger partial charge in [-0.25, -0.2) is 19.2 Å². The number of phenolic OH excluding ortho intramolecular Hbond substituents is 1. The van der Waals surface area contributed by atoms with E-state index >= 15 is 0 Å². The van der Waals surface area contributed by atoms with Crippen molar-refractivity contribution in [2.75, 3.05) is 34.2 Å². The molecule has 2 N–H and O–H groups in total. The minimum Gasteiger partial charge on any atom is -0.507 e. The number of aliphatic hydroxyl groups is 1. The van der Waals surface area contributed by atoms with Crippen LogP contribution in [0.4, 0.5) is 0 Å². The number of aryl methyl sites for hydroxylation is 2. The average Bonchev–Trinajstić information content (AvgIpc) is 3.25. The molecular weight excluding hydrogens is 797 g/mol. The molecule has 0 bridgehead atoms. The fourth-order valence-electron chi connectivity index (χ4n) is 7.36. The third-order valence-electron chi connectivity index (χ3n) is 10.8. The largest absolute Gasteiger partial charge is 0.507 e. The summed E-state index contributed by atoms with van der Waals surface area (Å²) in [5.41, 5.74) is 2.31. The lowest BCUT2D eigenvalue weighted by Gasteiger charge is -2.29. The van der Waals surface area contributed by atoms with Crippen molar-refractivity contribution in [3.8, 4) is 11.5 Å². The third-order valence-corrected chi connectivity index (χ3v) is 10.8. The number of cyclic esters (lactones) is 2. The van der Waals surface area contributed by atoms with Crippen LogP contribution in [0.15, 0.2) is 86.0 Å². The van der Waals surface area contributed by atoms with Crippen LogP contribution in [0.3, 0.4) is 0 Å². The molecule has 13 nitrogen and oxygen atoms in total. The Kier molecular flexibility index (Phi) is 23.4. The van der Waals surface area contributed by atoms with Crippen molar-refractivity contribution < 1.29 is 62.5 Å². The summed E-state index contributed by atoms with van der Waals surface area (Å²) in [5, 5.41) is 20.7. The Hall–Kier alpha value is -5.24. The number of carbonyl (C=O) groups is 4. The van der Waals surface area contributed by atoms with E-state index in [1.54, 1.807) is 38.5 Å². The third kappa shape index (κ3) is 17.6. The van der Waals surface area contributed by atoms with E-state index in [0.717, 1.165) is 56.1 Å². The molecule has 2 aromatic carbocycles.